The smallest absolute Gasteiger partial charge is 0.0397 e. The minimum absolute atomic E-state index is 0.654. The molecule has 2 heterocycles. The second-order valence-corrected chi connectivity index (χ2v) is 5.44. The van der Waals surface area contributed by atoms with Crippen LogP contribution in [-0.2, 0) is 0 Å². The van der Waals surface area contributed by atoms with Gasteiger partial charge in [-0.2, -0.15) is 0 Å². The van der Waals surface area contributed by atoms with Crippen LogP contribution in [-0.4, -0.2) is 18.1 Å². The third-order valence-electron chi connectivity index (χ3n) is 4.38. The van der Waals surface area contributed by atoms with Crippen LogP contribution in [0.3, 0.4) is 0 Å². The first-order chi connectivity index (χ1) is 7.88. The highest BCUT2D eigenvalue weighted by molar-refractivity contribution is 5.46. The summed E-state index contributed by atoms with van der Waals surface area (Å²) >= 11 is 0. The van der Waals surface area contributed by atoms with Crippen LogP contribution in [0.4, 0.5) is 5.69 Å². The summed E-state index contributed by atoms with van der Waals surface area (Å²) in [5.41, 5.74) is 2.01. The Morgan fingerprint density at radius 1 is 1.00 bits per heavy atom. The molecule has 0 atom stereocenters. The zero-order valence-electron chi connectivity index (χ0n) is 9.86. The summed E-state index contributed by atoms with van der Waals surface area (Å²) < 4.78 is 0. The fourth-order valence-corrected chi connectivity index (χ4v) is 3.42. The number of rotatable bonds is 1. The van der Waals surface area contributed by atoms with Gasteiger partial charge in [0.05, 0.1) is 0 Å². The van der Waals surface area contributed by atoms with Gasteiger partial charge in [0, 0.05) is 31.2 Å². The van der Waals surface area contributed by atoms with Gasteiger partial charge in [0.1, 0.15) is 0 Å². The van der Waals surface area contributed by atoms with E-state index in [1.54, 1.807) is 0 Å². The molecule has 16 heavy (non-hydrogen) atoms. The minimum atomic E-state index is 0.654. The topological polar surface area (TPSA) is 16.1 Å². The molecule has 0 bridgehead atoms. The van der Waals surface area contributed by atoms with Crippen LogP contribution in [0.2, 0.25) is 0 Å². The van der Waals surface area contributed by atoms with Crippen LogP contribution in [0.25, 0.3) is 0 Å². The molecule has 0 unspecified atom stereocenters. The van der Waals surface area contributed by atoms with E-state index in [-0.39, 0.29) is 0 Å². The Bertz CT molecular complexity index is 341. The molecule has 1 saturated heterocycles. The van der Waals surface area contributed by atoms with Crippen LogP contribution < -0.4 is 4.90 Å². The Morgan fingerprint density at radius 2 is 1.75 bits per heavy atom. The maximum atomic E-state index is 4.09. The molecular formula is C14H20N2. The average molecular weight is 216 g/mol. The lowest BCUT2D eigenvalue weighted by molar-refractivity contribution is 0.219. The molecule has 1 aliphatic heterocycles. The molecule has 1 spiro atoms. The van der Waals surface area contributed by atoms with E-state index < -0.39 is 0 Å². The van der Waals surface area contributed by atoms with Gasteiger partial charge in [-0.05, 0) is 36.8 Å². The third-order valence-corrected chi connectivity index (χ3v) is 4.38. The van der Waals surface area contributed by atoms with E-state index in [1.165, 1.54) is 57.3 Å². The first-order valence-electron chi connectivity index (χ1n) is 6.53. The molecule has 1 saturated carbocycles. The van der Waals surface area contributed by atoms with Crippen LogP contribution in [0.15, 0.2) is 24.5 Å². The molecule has 0 N–H and O–H groups in total. The minimum Gasteiger partial charge on any atom is -0.371 e. The first-order valence-corrected chi connectivity index (χ1v) is 6.53. The normalized spacial score (nSPS) is 23.9. The Morgan fingerprint density at radius 3 is 2.50 bits per heavy atom. The van der Waals surface area contributed by atoms with Gasteiger partial charge in [-0.15, -0.1) is 0 Å². The van der Waals surface area contributed by atoms with Gasteiger partial charge in [0.15, 0.2) is 0 Å². The summed E-state index contributed by atoms with van der Waals surface area (Å²) in [5.74, 6) is 0. The maximum Gasteiger partial charge on any atom is 0.0397 e. The molecule has 2 heteroatoms. The van der Waals surface area contributed by atoms with Crippen LogP contribution in [0.1, 0.15) is 38.5 Å². The fourth-order valence-electron chi connectivity index (χ4n) is 3.42. The van der Waals surface area contributed by atoms with E-state index in [0.717, 1.165) is 0 Å². The van der Waals surface area contributed by atoms with Crippen molar-refractivity contribution in [3.8, 4) is 0 Å². The lowest BCUT2D eigenvalue weighted by Crippen LogP contribution is -2.29. The molecule has 0 aromatic carbocycles. The zero-order chi connectivity index (χ0) is 10.8. The number of pyridine rings is 1. The van der Waals surface area contributed by atoms with Gasteiger partial charge in [0.2, 0.25) is 0 Å². The van der Waals surface area contributed by atoms with Crippen LogP contribution >= 0.6 is 0 Å². The van der Waals surface area contributed by atoms with Crippen molar-refractivity contribution >= 4 is 5.69 Å². The molecule has 86 valence electrons. The highest BCUT2D eigenvalue weighted by atomic mass is 15.2. The number of aromatic nitrogens is 1. The number of hydrogen-bond acceptors (Lipinski definition) is 2. The van der Waals surface area contributed by atoms with Crippen molar-refractivity contribution in [2.75, 3.05) is 18.0 Å². The van der Waals surface area contributed by atoms with Crippen LogP contribution in [0, 0.1) is 5.41 Å². The summed E-state index contributed by atoms with van der Waals surface area (Å²) in [7, 11) is 0. The molecule has 1 aromatic rings. The predicted molar refractivity (Wildman–Crippen MR) is 66.6 cm³/mol. The van der Waals surface area contributed by atoms with E-state index >= 15 is 0 Å². The predicted octanol–water partition coefficient (Wildman–Crippen LogP) is 3.24. The summed E-state index contributed by atoms with van der Waals surface area (Å²) in [5, 5.41) is 0. The van der Waals surface area contributed by atoms with Crippen molar-refractivity contribution in [1.82, 2.24) is 4.98 Å². The fraction of sp³-hybridized carbons (Fsp3) is 0.643. The van der Waals surface area contributed by atoms with E-state index in [4.69, 9.17) is 0 Å². The van der Waals surface area contributed by atoms with Gasteiger partial charge in [-0.25, -0.2) is 0 Å². The van der Waals surface area contributed by atoms with E-state index in [2.05, 4.69) is 22.0 Å². The monoisotopic (exact) mass is 216 g/mol. The van der Waals surface area contributed by atoms with Gasteiger partial charge in [-0.3, -0.25) is 4.98 Å². The molecule has 2 aliphatic rings. The highest BCUT2D eigenvalue weighted by Gasteiger charge is 2.38. The van der Waals surface area contributed by atoms with Gasteiger partial charge < -0.3 is 4.90 Å². The van der Waals surface area contributed by atoms with Crippen molar-refractivity contribution in [3.05, 3.63) is 24.5 Å². The molecule has 2 fully saturated rings. The van der Waals surface area contributed by atoms with E-state index in [0.29, 0.717) is 5.41 Å². The number of nitrogens with zero attached hydrogens (tertiary/aromatic N) is 2. The Hall–Kier alpha value is -1.05. The second-order valence-electron chi connectivity index (χ2n) is 5.44. The van der Waals surface area contributed by atoms with Gasteiger partial charge in [-0.1, -0.05) is 19.3 Å². The molecule has 0 amide bonds. The summed E-state index contributed by atoms with van der Waals surface area (Å²) in [6.45, 7) is 2.51. The van der Waals surface area contributed by atoms with Gasteiger partial charge >= 0.3 is 0 Å². The Labute approximate surface area is 97.7 Å². The average Bonchev–Trinajstić information content (AvgIpc) is 2.75. The number of hydrogen-bond donors (Lipinski definition) is 0. The second kappa shape index (κ2) is 4.08. The molecule has 3 rings (SSSR count). The van der Waals surface area contributed by atoms with Crippen molar-refractivity contribution in [1.29, 1.82) is 0 Å². The summed E-state index contributed by atoms with van der Waals surface area (Å²) in [6, 6.07) is 4.28. The van der Waals surface area contributed by atoms with E-state index in [1.807, 2.05) is 12.4 Å². The lowest BCUT2D eigenvalue weighted by Gasteiger charge is -2.33. The Balaban J connectivity index is 1.73. The SMILES string of the molecule is c1cc(N2CCC3(CCCCC3)C2)ccn1. The maximum absolute atomic E-state index is 4.09. The lowest BCUT2D eigenvalue weighted by atomic mass is 9.73. The van der Waals surface area contributed by atoms with Crippen molar-refractivity contribution < 1.29 is 0 Å². The highest BCUT2D eigenvalue weighted by Crippen LogP contribution is 2.44. The molecular weight excluding hydrogens is 196 g/mol. The van der Waals surface area contributed by atoms with Gasteiger partial charge in [0.25, 0.3) is 0 Å². The standard InChI is InChI=1S/C14H20N2/c1-2-6-14(7-3-1)8-11-16(12-14)13-4-9-15-10-5-13/h4-5,9-10H,1-3,6-8,11-12H2. The van der Waals surface area contributed by atoms with Crippen molar-refractivity contribution in [3.63, 3.8) is 0 Å². The summed E-state index contributed by atoms with van der Waals surface area (Å²) in [6.07, 6.45) is 12.5. The zero-order valence-corrected chi connectivity index (χ0v) is 9.86. The number of anilines is 1. The molecule has 1 aliphatic carbocycles. The third kappa shape index (κ3) is 1.81. The van der Waals surface area contributed by atoms with Crippen LogP contribution in [0.5, 0.6) is 0 Å². The van der Waals surface area contributed by atoms with Crippen molar-refractivity contribution in [2.45, 2.75) is 38.5 Å². The van der Waals surface area contributed by atoms with Crippen molar-refractivity contribution in [2.24, 2.45) is 5.41 Å². The molecule has 0 radical (unpaired) electrons. The molecule has 2 nitrogen and oxygen atoms in total. The molecule has 1 aromatic heterocycles. The quantitative estimate of drug-likeness (QED) is 0.716. The largest absolute Gasteiger partial charge is 0.371 e. The first kappa shape index (κ1) is 10.1. The summed E-state index contributed by atoms with van der Waals surface area (Å²) in [4.78, 5) is 6.64. The Kier molecular flexibility index (Phi) is 2.58. The van der Waals surface area contributed by atoms with E-state index in [9.17, 15) is 0 Å².